The molecule has 2 aromatic rings. The second-order valence-electron chi connectivity index (χ2n) is 6.12. The molecular formula is C19H17Cl2NO3S. The Morgan fingerprint density at radius 2 is 1.85 bits per heavy atom. The van der Waals surface area contributed by atoms with Crippen molar-refractivity contribution in [1.82, 2.24) is 0 Å². The second kappa shape index (κ2) is 7.43. The molecule has 0 saturated carbocycles. The number of anilines is 1. The van der Waals surface area contributed by atoms with E-state index < -0.39 is 9.84 Å². The van der Waals surface area contributed by atoms with Crippen molar-refractivity contribution in [3.05, 3.63) is 63.6 Å². The summed E-state index contributed by atoms with van der Waals surface area (Å²) in [5, 5.41) is 0.941. The first-order chi connectivity index (χ1) is 12.3. The van der Waals surface area contributed by atoms with Crippen molar-refractivity contribution in [2.45, 2.75) is 17.7 Å². The lowest BCUT2D eigenvalue weighted by Crippen LogP contribution is -2.34. The summed E-state index contributed by atoms with van der Waals surface area (Å²) >= 11 is 12.2. The highest BCUT2D eigenvalue weighted by molar-refractivity contribution is 7.90. The van der Waals surface area contributed by atoms with Gasteiger partial charge in [0.25, 0.3) is 5.91 Å². The van der Waals surface area contributed by atoms with Gasteiger partial charge in [-0.05, 0) is 54.8 Å². The van der Waals surface area contributed by atoms with Gasteiger partial charge in [0, 0.05) is 40.2 Å². The monoisotopic (exact) mass is 409 g/mol. The van der Waals surface area contributed by atoms with Crippen LogP contribution in [0.25, 0.3) is 6.08 Å². The summed E-state index contributed by atoms with van der Waals surface area (Å²) < 4.78 is 23.5. The van der Waals surface area contributed by atoms with Crippen LogP contribution in [0.3, 0.4) is 0 Å². The van der Waals surface area contributed by atoms with Gasteiger partial charge in [-0.2, -0.15) is 0 Å². The molecule has 2 aromatic carbocycles. The third-order valence-corrected chi connectivity index (χ3v) is 6.03. The predicted octanol–water partition coefficient (Wildman–Crippen LogP) is 4.39. The van der Waals surface area contributed by atoms with Gasteiger partial charge < -0.3 is 4.90 Å². The summed E-state index contributed by atoms with van der Waals surface area (Å²) in [5.74, 6) is -0.200. The fourth-order valence-corrected chi connectivity index (χ4v) is 4.14. The molecule has 0 saturated heterocycles. The molecule has 0 bridgehead atoms. The first-order valence-corrected chi connectivity index (χ1v) is 10.7. The third-order valence-electron chi connectivity index (χ3n) is 4.26. The standard InChI is InChI=1S/C19H17Cl2NO3S/c1-26(24,25)14-7-9-18-13(12-14)4-3-11-22(18)19(23)10-8-15-16(20)5-2-6-17(15)21/h2,5-10,12H,3-4,11H2,1H3/b10-8+. The minimum atomic E-state index is -3.28. The van der Waals surface area contributed by atoms with Gasteiger partial charge in [0.15, 0.2) is 9.84 Å². The highest BCUT2D eigenvalue weighted by Gasteiger charge is 2.22. The van der Waals surface area contributed by atoms with Crippen LogP contribution in [0, 0.1) is 0 Å². The first kappa shape index (κ1) is 19.0. The van der Waals surface area contributed by atoms with E-state index in [-0.39, 0.29) is 10.8 Å². The van der Waals surface area contributed by atoms with Gasteiger partial charge in [-0.3, -0.25) is 4.79 Å². The number of carbonyl (C=O) groups is 1. The topological polar surface area (TPSA) is 54.5 Å². The number of rotatable bonds is 3. The fraction of sp³-hybridized carbons (Fsp3) is 0.211. The number of sulfone groups is 1. The lowest BCUT2D eigenvalue weighted by molar-refractivity contribution is -0.114. The molecule has 3 rings (SSSR count). The van der Waals surface area contributed by atoms with Crippen molar-refractivity contribution in [3.63, 3.8) is 0 Å². The molecule has 1 amide bonds. The van der Waals surface area contributed by atoms with Crippen molar-refractivity contribution < 1.29 is 13.2 Å². The smallest absolute Gasteiger partial charge is 0.250 e. The molecule has 1 aliphatic rings. The van der Waals surface area contributed by atoms with Gasteiger partial charge in [-0.25, -0.2) is 8.42 Å². The Balaban J connectivity index is 1.90. The highest BCUT2D eigenvalue weighted by Crippen LogP contribution is 2.30. The average Bonchev–Trinajstić information content (AvgIpc) is 2.59. The van der Waals surface area contributed by atoms with Crippen LogP contribution in [-0.2, 0) is 21.1 Å². The van der Waals surface area contributed by atoms with E-state index in [1.165, 1.54) is 18.4 Å². The maximum absolute atomic E-state index is 12.7. The summed E-state index contributed by atoms with van der Waals surface area (Å²) in [5.41, 5.74) is 2.19. The zero-order valence-corrected chi connectivity index (χ0v) is 16.4. The van der Waals surface area contributed by atoms with Gasteiger partial charge in [-0.1, -0.05) is 29.3 Å². The van der Waals surface area contributed by atoms with Crippen LogP contribution in [0.2, 0.25) is 10.0 Å². The number of hydrogen-bond acceptors (Lipinski definition) is 3. The van der Waals surface area contributed by atoms with E-state index in [1.807, 2.05) is 0 Å². The maximum Gasteiger partial charge on any atom is 0.250 e. The zero-order valence-electron chi connectivity index (χ0n) is 14.1. The van der Waals surface area contributed by atoms with E-state index in [2.05, 4.69) is 0 Å². The molecule has 0 aliphatic carbocycles. The normalized spacial score (nSPS) is 14.5. The Hall–Kier alpha value is -1.82. The minimum Gasteiger partial charge on any atom is -0.309 e. The van der Waals surface area contributed by atoms with E-state index in [1.54, 1.807) is 41.3 Å². The van der Waals surface area contributed by atoms with Gasteiger partial charge in [-0.15, -0.1) is 0 Å². The molecular weight excluding hydrogens is 393 g/mol. The highest BCUT2D eigenvalue weighted by atomic mass is 35.5. The van der Waals surface area contributed by atoms with E-state index in [4.69, 9.17) is 23.2 Å². The van der Waals surface area contributed by atoms with E-state index in [0.29, 0.717) is 22.2 Å². The number of amides is 1. The lowest BCUT2D eigenvalue weighted by Gasteiger charge is -2.29. The molecule has 1 aliphatic heterocycles. The molecule has 0 radical (unpaired) electrons. The van der Waals surface area contributed by atoms with Gasteiger partial charge >= 0.3 is 0 Å². The zero-order chi connectivity index (χ0) is 18.9. The Bertz CT molecular complexity index is 980. The third kappa shape index (κ3) is 3.95. The second-order valence-corrected chi connectivity index (χ2v) is 8.95. The fourth-order valence-electron chi connectivity index (χ4n) is 2.95. The number of hydrogen-bond donors (Lipinski definition) is 0. The van der Waals surface area contributed by atoms with Crippen LogP contribution in [0.5, 0.6) is 0 Å². The molecule has 4 nitrogen and oxygen atoms in total. The van der Waals surface area contributed by atoms with Crippen LogP contribution in [-0.4, -0.2) is 27.1 Å². The van der Waals surface area contributed by atoms with Gasteiger partial charge in [0.2, 0.25) is 0 Å². The van der Waals surface area contributed by atoms with E-state index in [9.17, 15) is 13.2 Å². The van der Waals surface area contributed by atoms with Crippen molar-refractivity contribution in [2.24, 2.45) is 0 Å². The van der Waals surface area contributed by atoms with Gasteiger partial charge in [0.1, 0.15) is 0 Å². The lowest BCUT2D eigenvalue weighted by atomic mass is 10.0. The number of halogens is 2. The SMILES string of the molecule is CS(=O)(=O)c1ccc2c(c1)CCCN2C(=O)/C=C/c1c(Cl)cccc1Cl. The van der Waals surface area contributed by atoms with Crippen LogP contribution >= 0.6 is 23.2 Å². The van der Waals surface area contributed by atoms with E-state index >= 15 is 0 Å². The maximum atomic E-state index is 12.7. The molecule has 7 heteroatoms. The molecule has 0 fully saturated rings. The quantitative estimate of drug-likeness (QED) is 0.706. The molecule has 0 aromatic heterocycles. The van der Waals surface area contributed by atoms with Crippen molar-refractivity contribution >= 4 is 50.7 Å². The molecule has 26 heavy (non-hydrogen) atoms. The summed E-state index contributed by atoms with van der Waals surface area (Å²) in [7, 11) is -3.28. The number of aryl methyl sites for hydroxylation is 1. The average molecular weight is 410 g/mol. The number of benzene rings is 2. The van der Waals surface area contributed by atoms with Crippen LogP contribution in [0.15, 0.2) is 47.4 Å². The Labute approximate surface area is 163 Å². The molecule has 0 spiro atoms. The van der Waals surface area contributed by atoms with Gasteiger partial charge in [0.05, 0.1) is 4.90 Å². The largest absolute Gasteiger partial charge is 0.309 e. The first-order valence-electron chi connectivity index (χ1n) is 8.04. The molecule has 0 atom stereocenters. The van der Waals surface area contributed by atoms with E-state index in [0.717, 1.165) is 24.1 Å². The molecule has 0 unspecified atom stereocenters. The minimum absolute atomic E-state index is 0.200. The van der Waals surface area contributed by atoms with Crippen molar-refractivity contribution in [2.75, 3.05) is 17.7 Å². The predicted molar refractivity (Wildman–Crippen MR) is 106 cm³/mol. The molecule has 1 heterocycles. The molecule has 136 valence electrons. The van der Waals surface area contributed by atoms with Crippen molar-refractivity contribution in [3.8, 4) is 0 Å². The van der Waals surface area contributed by atoms with Crippen LogP contribution < -0.4 is 4.90 Å². The molecule has 0 N–H and O–H groups in total. The number of carbonyl (C=O) groups excluding carboxylic acids is 1. The Kier molecular flexibility index (Phi) is 5.42. The van der Waals surface area contributed by atoms with Crippen LogP contribution in [0.4, 0.5) is 5.69 Å². The van der Waals surface area contributed by atoms with Crippen LogP contribution in [0.1, 0.15) is 17.5 Å². The Morgan fingerprint density at radius 3 is 2.50 bits per heavy atom. The van der Waals surface area contributed by atoms with Crippen molar-refractivity contribution in [1.29, 1.82) is 0 Å². The summed E-state index contributed by atoms with van der Waals surface area (Å²) in [6.07, 6.45) is 5.73. The summed E-state index contributed by atoms with van der Waals surface area (Å²) in [6, 6.07) is 10.0. The number of fused-ring (bicyclic) bond motifs is 1. The number of nitrogens with zero attached hydrogens (tertiary/aromatic N) is 1. The Morgan fingerprint density at radius 1 is 1.15 bits per heavy atom. The summed E-state index contributed by atoms with van der Waals surface area (Å²) in [4.78, 5) is 14.6. The summed E-state index contributed by atoms with van der Waals surface area (Å²) in [6.45, 7) is 0.574.